The van der Waals surface area contributed by atoms with Crippen LogP contribution in [0.4, 0.5) is 0 Å². The van der Waals surface area contributed by atoms with Crippen LogP contribution in [0.25, 0.3) is 0 Å². The van der Waals surface area contributed by atoms with Crippen molar-refractivity contribution in [3.63, 3.8) is 0 Å². The van der Waals surface area contributed by atoms with Crippen LogP contribution in [-0.4, -0.2) is 4.98 Å². The number of hydrogen-bond acceptors (Lipinski definition) is 1. The normalized spacial score (nSPS) is 42.0. The van der Waals surface area contributed by atoms with E-state index >= 15 is 0 Å². The average molecular weight is 176 g/mol. The number of hydrogen-bond donors (Lipinski definition) is 2. The molecule has 2 atom stereocenters. The molecule has 2 heteroatoms. The Morgan fingerprint density at radius 2 is 2.15 bits per heavy atom. The Morgan fingerprint density at radius 3 is 2.69 bits per heavy atom. The molecule has 0 radical (unpaired) electrons. The SMILES string of the molecule is Cc1cc(C2(N)CC3CC3C2)c[nH]1. The lowest BCUT2D eigenvalue weighted by Gasteiger charge is -2.24. The molecular formula is C11H16N2. The summed E-state index contributed by atoms with van der Waals surface area (Å²) in [6.45, 7) is 2.09. The molecule has 2 nitrogen and oxygen atoms in total. The summed E-state index contributed by atoms with van der Waals surface area (Å²) in [5.74, 6) is 1.89. The number of aromatic amines is 1. The topological polar surface area (TPSA) is 41.8 Å². The Balaban J connectivity index is 1.91. The molecule has 70 valence electrons. The minimum atomic E-state index is -0.00164. The van der Waals surface area contributed by atoms with E-state index in [0.717, 1.165) is 11.8 Å². The summed E-state index contributed by atoms with van der Waals surface area (Å²) < 4.78 is 0. The first kappa shape index (κ1) is 7.63. The van der Waals surface area contributed by atoms with E-state index in [-0.39, 0.29) is 5.54 Å². The van der Waals surface area contributed by atoms with E-state index < -0.39 is 0 Å². The van der Waals surface area contributed by atoms with Crippen molar-refractivity contribution in [3.8, 4) is 0 Å². The van der Waals surface area contributed by atoms with Crippen LogP contribution in [-0.2, 0) is 5.54 Å². The fourth-order valence-electron chi connectivity index (χ4n) is 2.86. The number of nitrogens with two attached hydrogens (primary N) is 1. The van der Waals surface area contributed by atoms with Crippen molar-refractivity contribution in [1.29, 1.82) is 0 Å². The Kier molecular flexibility index (Phi) is 1.28. The highest BCUT2D eigenvalue weighted by Gasteiger charge is 2.52. The van der Waals surface area contributed by atoms with E-state index in [2.05, 4.69) is 24.2 Å². The number of aryl methyl sites for hydroxylation is 1. The molecule has 2 unspecified atom stereocenters. The highest BCUT2D eigenvalue weighted by atomic mass is 14.8. The highest BCUT2D eigenvalue weighted by molar-refractivity contribution is 5.28. The Hall–Kier alpha value is -0.760. The van der Waals surface area contributed by atoms with Crippen LogP contribution in [0.5, 0.6) is 0 Å². The van der Waals surface area contributed by atoms with Crippen molar-refractivity contribution in [2.24, 2.45) is 17.6 Å². The summed E-state index contributed by atoms with van der Waals surface area (Å²) in [5.41, 5.74) is 8.93. The van der Waals surface area contributed by atoms with Crippen LogP contribution in [0.15, 0.2) is 12.3 Å². The fraction of sp³-hybridized carbons (Fsp3) is 0.636. The lowest BCUT2D eigenvalue weighted by Crippen LogP contribution is -2.34. The van der Waals surface area contributed by atoms with E-state index in [4.69, 9.17) is 5.73 Å². The van der Waals surface area contributed by atoms with Gasteiger partial charge in [-0.2, -0.15) is 0 Å². The minimum Gasteiger partial charge on any atom is -0.365 e. The maximum Gasteiger partial charge on any atom is 0.0430 e. The third-order valence-electron chi connectivity index (χ3n) is 3.72. The number of aromatic nitrogens is 1. The van der Waals surface area contributed by atoms with Crippen LogP contribution in [0.3, 0.4) is 0 Å². The monoisotopic (exact) mass is 176 g/mol. The van der Waals surface area contributed by atoms with Gasteiger partial charge in [-0.3, -0.25) is 0 Å². The van der Waals surface area contributed by atoms with Gasteiger partial charge in [-0.05, 0) is 49.7 Å². The van der Waals surface area contributed by atoms with Crippen LogP contribution in [0, 0.1) is 18.8 Å². The van der Waals surface area contributed by atoms with E-state index in [0.29, 0.717) is 0 Å². The van der Waals surface area contributed by atoms with E-state index in [1.165, 1.54) is 30.5 Å². The van der Waals surface area contributed by atoms with Crippen LogP contribution >= 0.6 is 0 Å². The van der Waals surface area contributed by atoms with Gasteiger partial charge in [0.1, 0.15) is 0 Å². The van der Waals surface area contributed by atoms with Crippen molar-refractivity contribution < 1.29 is 0 Å². The van der Waals surface area contributed by atoms with Gasteiger partial charge in [0, 0.05) is 17.4 Å². The van der Waals surface area contributed by atoms with E-state index in [1.807, 2.05) is 0 Å². The second kappa shape index (κ2) is 2.18. The molecule has 1 aromatic rings. The van der Waals surface area contributed by atoms with Crippen molar-refractivity contribution in [1.82, 2.24) is 4.98 Å². The van der Waals surface area contributed by atoms with Crippen molar-refractivity contribution in [3.05, 3.63) is 23.5 Å². The zero-order valence-corrected chi connectivity index (χ0v) is 8.01. The van der Waals surface area contributed by atoms with Gasteiger partial charge in [-0.15, -0.1) is 0 Å². The molecule has 3 N–H and O–H groups in total. The van der Waals surface area contributed by atoms with Crippen molar-refractivity contribution in [2.45, 2.75) is 31.7 Å². The number of fused-ring (bicyclic) bond motifs is 1. The van der Waals surface area contributed by atoms with Crippen LogP contribution in [0.1, 0.15) is 30.5 Å². The zero-order chi connectivity index (χ0) is 9.05. The largest absolute Gasteiger partial charge is 0.365 e. The molecule has 0 aromatic carbocycles. The first-order valence-electron chi connectivity index (χ1n) is 5.12. The summed E-state index contributed by atoms with van der Waals surface area (Å²) in [7, 11) is 0. The molecule has 2 aliphatic carbocycles. The zero-order valence-electron chi connectivity index (χ0n) is 8.01. The maximum atomic E-state index is 6.39. The molecule has 13 heavy (non-hydrogen) atoms. The van der Waals surface area contributed by atoms with Gasteiger partial charge in [0.25, 0.3) is 0 Å². The van der Waals surface area contributed by atoms with Gasteiger partial charge in [-0.1, -0.05) is 0 Å². The number of H-pyrrole nitrogens is 1. The molecule has 3 rings (SSSR count). The lowest BCUT2D eigenvalue weighted by molar-refractivity contribution is 0.411. The number of rotatable bonds is 1. The standard InChI is InChI=1S/C11H16N2/c1-7-2-10(6-13-7)11(12)4-8-3-9(8)5-11/h2,6,8-9,13H,3-5,12H2,1H3. The summed E-state index contributed by atoms with van der Waals surface area (Å²) in [6.07, 6.45) is 5.92. The molecule has 1 heterocycles. The molecule has 0 aliphatic heterocycles. The summed E-state index contributed by atoms with van der Waals surface area (Å²) in [5, 5.41) is 0. The summed E-state index contributed by atoms with van der Waals surface area (Å²) in [6, 6.07) is 2.20. The van der Waals surface area contributed by atoms with Gasteiger partial charge < -0.3 is 10.7 Å². The Labute approximate surface area is 78.5 Å². The van der Waals surface area contributed by atoms with Crippen LogP contribution in [0.2, 0.25) is 0 Å². The highest BCUT2D eigenvalue weighted by Crippen LogP contribution is 2.58. The van der Waals surface area contributed by atoms with Crippen molar-refractivity contribution in [2.75, 3.05) is 0 Å². The molecule has 1 aromatic heterocycles. The van der Waals surface area contributed by atoms with E-state index in [1.54, 1.807) is 0 Å². The van der Waals surface area contributed by atoms with Gasteiger partial charge in [0.2, 0.25) is 0 Å². The maximum absolute atomic E-state index is 6.39. The molecule has 0 saturated heterocycles. The quantitative estimate of drug-likeness (QED) is 0.674. The molecule has 0 spiro atoms. The third kappa shape index (κ3) is 1.05. The molecule has 2 saturated carbocycles. The second-order valence-electron chi connectivity index (χ2n) is 4.89. The fourth-order valence-corrected chi connectivity index (χ4v) is 2.86. The first-order chi connectivity index (χ1) is 6.17. The average Bonchev–Trinajstić information content (AvgIpc) is 2.54. The lowest BCUT2D eigenvalue weighted by atomic mass is 9.88. The summed E-state index contributed by atoms with van der Waals surface area (Å²) in [4.78, 5) is 3.22. The van der Waals surface area contributed by atoms with Gasteiger partial charge >= 0.3 is 0 Å². The molecule has 2 aliphatic rings. The first-order valence-corrected chi connectivity index (χ1v) is 5.12. The van der Waals surface area contributed by atoms with Crippen molar-refractivity contribution >= 4 is 0 Å². The van der Waals surface area contributed by atoms with Gasteiger partial charge in [0.05, 0.1) is 0 Å². The number of nitrogens with one attached hydrogen (secondary N) is 1. The minimum absolute atomic E-state index is 0.00164. The third-order valence-corrected chi connectivity index (χ3v) is 3.72. The predicted octanol–water partition coefficient (Wildman–Crippen LogP) is 1.91. The molecule has 0 bridgehead atoms. The van der Waals surface area contributed by atoms with Gasteiger partial charge in [-0.25, -0.2) is 0 Å². The summed E-state index contributed by atoms with van der Waals surface area (Å²) >= 11 is 0. The smallest absolute Gasteiger partial charge is 0.0430 e. The Bertz CT molecular complexity index is 330. The molecular weight excluding hydrogens is 160 g/mol. The Morgan fingerprint density at radius 1 is 1.46 bits per heavy atom. The predicted molar refractivity (Wildman–Crippen MR) is 52.2 cm³/mol. The van der Waals surface area contributed by atoms with Gasteiger partial charge in [0.15, 0.2) is 0 Å². The van der Waals surface area contributed by atoms with E-state index in [9.17, 15) is 0 Å². The second-order valence-corrected chi connectivity index (χ2v) is 4.89. The molecule has 2 fully saturated rings. The molecule has 0 amide bonds. The van der Waals surface area contributed by atoms with Crippen LogP contribution < -0.4 is 5.73 Å².